The van der Waals surface area contributed by atoms with E-state index in [4.69, 9.17) is 0 Å². The van der Waals surface area contributed by atoms with Crippen LogP contribution in [0.4, 0.5) is 5.82 Å². The van der Waals surface area contributed by atoms with Crippen molar-refractivity contribution in [3.63, 3.8) is 0 Å². The predicted molar refractivity (Wildman–Crippen MR) is 69.7 cm³/mol. The SMILES string of the molecule is Cc1cc(N2CCC(c3ncc(C)[nH]3)C2)ncn1. The Bertz CT molecular complexity index is 548. The molecule has 3 heterocycles. The Morgan fingerprint density at radius 2 is 2.17 bits per heavy atom. The monoisotopic (exact) mass is 243 g/mol. The minimum atomic E-state index is 0.481. The van der Waals surface area contributed by atoms with Crippen LogP contribution in [0.3, 0.4) is 0 Å². The largest absolute Gasteiger partial charge is 0.356 e. The normalized spacial score (nSPS) is 19.4. The van der Waals surface area contributed by atoms with Gasteiger partial charge in [0.1, 0.15) is 18.0 Å². The molecular formula is C13H17N5. The summed E-state index contributed by atoms with van der Waals surface area (Å²) in [4.78, 5) is 18.5. The molecule has 0 aliphatic carbocycles. The highest BCUT2D eigenvalue weighted by molar-refractivity contribution is 5.40. The Morgan fingerprint density at radius 1 is 1.28 bits per heavy atom. The number of nitrogens with zero attached hydrogens (tertiary/aromatic N) is 4. The first-order valence-corrected chi connectivity index (χ1v) is 6.27. The summed E-state index contributed by atoms with van der Waals surface area (Å²) in [7, 11) is 0. The molecule has 0 bridgehead atoms. The van der Waals surface area contributed by atoms with Crippen LogP contribution in [0.15, 0.2) is 18.6 Å². The molecule has 0 amide bonds. The van der Waals surface area contributed by atoms with Crippen LogP contribution >= 0.6 is 0 Å². The molecule has 5 heteroatoms. The minimum Gasteiger partial charge on any atom is -0.356 e. The third kappa shape index (κ3) is 2.08. The van der Waals surface area contributed by atoms with Crippen molar-refractivity contribution in [2.45, 2.75) is 26.2 Å². The summed E-state index contributed by atoms with van der Waals surface area (Å²) in [6.07, 6.45) is 4.65. The molecule has 3 rings (SSSR count). The molecular weight excluding hydrogens is 226 g/mol. The van der Waals surface area contributed by atoms with E-state index in [1.807, 2.05) is 26.1 Å². The number of nitrogens with one attached hydrogen (secondary N) is 1. The molecule has 1 saturated heterocycles. The Hall–Kier alpha value is -1.91. The summed E-state index contributed by atoms with van der Waals surface area (Å²) < 4.78 is 0. The Morgan fingerprint density at radius 3 is 2.89 bits per heavy atom. The van der Waals surface area contributed by atoms with Gasteiger partial charge in [-0.1, -0.05) is 0 Å². The molecule has 2 aromatic rings. The van der Waals surface area contributed by atoms with E-state index in [0.29, 0.717) is 5.92 Å². The molecule has 5 nitrogen and oxygen atoms in total. The van der Waals surface area contributed by atoms with E-state index in [9.17, 15) is 0 Å². The van der Waals surface area contributed by atoms with Crippen molar-refractivity contribution in [3.05, 3.63) is 35.8 Å². The summed E-state index contributed by atoms with van der Waals surface area (Å²) in [6.45, 7) is 6.04. The van der Waals surface area contributed by atoms with Crippen molar-refractivity contribution >= 4 is 5.82 Å². The summed E-state index contributed by atoms with van der Waals surface area (Å²) in [5, 5.41) is 0. The zero-order valence-corrected chi connectivity index (χ0v) is 10.7. The van der Waals surface area contributed by atoms with Gasteiger partial charge in [0, 0.05) is 42.7 Å². The number of rotatable bonds is 2. The first-order valence-electron chi connectivity index (χ1n) is 6.27. The molecule has 94 valence electrons. The molecule has 1 aliphatic heterocycles. The molecule has 1 atom stereocenters. The topological polar surface area (TPSA) is 57.7 Å². The van der Waals surface area contributed by atoms with Crippen LogP contribution in [0.25, 0.3) is 0 Å². The summed E-state index contributed by atoms with van der Waals surface area (Å²) in [6, 6.07) is 2.04. The smallest absolute Gasteiger partial charge is 0.132 e. The van der Waals surface area contributed by atoms with E-state index in [1.54, 1.807) is 6.33 Å². The molecule has 1 fully saturated rings. The lowest BCUT2D eigenvalue weighted by atomic mass is 10.1. The second-order valence-corrected chi connectivity index (χ2v) is 4.90. The highest BCUT2D eigenvalue weighted by atomic mass is 15.2. The van der Waals surface area contributed by atoms with Crippen LogP contribution in [0.1, 0.15) is 29.6 Å². The van der Waals surface area contributed by atoms with Gasteiger partial charge in [0.2, 0.25) is 0 Å². The number of aromatic amines is 1. The van der Waals surface area contributed by atoms with Gasteiger partial charge in [0.15, 0.2) is 0 Å². The van der Waals surface area contributed by atoms with E-state index in [0.717, 1.165) is 42.5 Å². The first-order chi connectivity index (χ1) is 8.72. The molecule has 1 N–H and O–H groups in total. The number of aromatic nitrogens is 4. The quantitative estimate of drug-likeness (QED) is 0.874. The molecule has 2 aromatic heterocycles. The fraction of sp³-hybridized carbons (Fsp3) is 0.462. The third-order valence-corrected chi connectivity index (χ3v) is 3.41. The fourth-order valence-electron chi connectivity index (χ4n) is 2.45. The van der Waals surface area contributed by atoms with Crippen LogP contribution in [0.5, 0.6) is 0 Å². The molecule has 0 saturated carbocycles. The van der Waals surface area contributed by atoms with Gasteiger partial charge in [0.25, 0.3) is 0 Å². The maximum Gasteiger partial charge on any atom is 0.132 e. The number of H-pyrrole nitrogens is 1. The van der Waals surface area contributed by atoms with Gasteiger partial charge in [-0.15, -0.1) is 0 Å². The van der Waals surface area contributed by atoms with Gasteiger partial charge in [0.05, 0.1) is 0 Å². The van der Waals surface area contributed by atoms with E-state index in [-0.39, 0.29) is 0 Å². The lowest BCUT2D eigenvalue weighted by molar-refractivity contribution is 0.720. The average molecular weight is 243 g/mol. The molecule has 1 aliphatic rings. The van der Waals surface area contributed by atoms with Crippen LogP contribution in [0.2, 0.25) is 0 Å². The predicted octanol–water partition coefficient (Wildman–Crippen LogP) is 1.81. The number of imidazole rings is 1. The van der Waals surface area contributed by atoms with Crippen LogP contribution < -0.4 is 4.90 Å². The van der Waals surface area contributed by atoms with E-state index >= 15 is 0 Å². The van der Waals surface area contributed by atoms with Gasteiger partial charge < -0.3 is 9.88 Å². The van der Waals surface area contributed by atoms with Gasteiger partial charge in [-0.3, -0.25) is 0 Å². The summed E-state index contributed by atoms with van der Waals surface area (Å²) in [5.41, 5.74) is 2.14. The second-order valence-electron chi connectivity index (χ2n) is 4.90. The Labute approximate surface area is 106 Å². The van der Waals surface area contributed by atoms with E-state index < -0.39 is 0 Å². The first kappa shape index (κ1) is 11.2. The molecule has 18 heavy (non-hydrogen) atoms. The van der Waals surface area contributed by atoms with Crippen molar-refractivity contribution in [3.8, 4) is 0 Å². The van der Waals surface area contributed by atoms with Crippen molar-refractivity contribution in [1.82, 2.24) is 19.9 Å². The van der Waals surface area contributed by atoms with E-state index in [2.05, 4.69) is 24.8 Å². The van der Waals surface area contributed by atoms with Gasteiger partial charge in [-0.05, 0) is 20.3 Å². The van der Waals surface area contributed by atoms with E-state index in [1.165, 1.54) is 0 Å². The zero-order valence-electron chi connectivity index (χ0n) is 10.7. The second kappa shape index (κ2) is 4.40. The zero-order chi connectivity index (χ0) is 12.5. The van der Waals surface area contributed by atoms with Gasteiger partial charge >= 0.3 is 0 Å². The number of hydrogen-bond acceptors (Lipinski definition) is 4. The van der Waals surface area contributed by atoms with Crippen molar-refractivity contribution < 1.29 is 0 Å². The number of hydrogen-bond donors (Lipinski definition) is 1. The molecule has 1 unspecified atom stereocenters. The Kier molecular flexibility index (Phi) is 2.74. The fourth-order valence-corrected chi connectivity index (χ4v) is 2.45. The standard InChI is InChI=1S/C13H17N5/c1-9-5-12(16-8-15-9)18-4-3-11(7-18)13-14-6-10(2)17-13/h5-6,8,11H,3-4,7H2,1-2H3,(H,14,17). The third-order valence-electron chi connectivity index (χ3n) is 3.41. The molecule has 0 spiro atoms. The lowest BCUT2D eigenvalue weighted by Crippen LogP contribution is -2.20. The van der Waals surface area contributed by atoms with Gasteiger partial charge in [-0.2, -0.15) is 0 Å². The molecule has 0 radical (unpaired) electrons. The lowest BCUT2D eigenvalue weighted by Gasteiger charge is -2.16. The summed E-state index contributed by atoms with van der Waals surface area (Å²) in [5.74, 6) is 2.60. The van der Waals surface area contributed by atoms with Crippen LogP contribution in [-0.4, -0.2) is 33.0 Å². The number of aryl methyl sites for hydroxylation is 2. The average Bonchev–Trinajstić information content (AvgIpc) is 2.97. The van der Waals surface area contributed by atoms with Crippen LogP contribution in [-0.2, 0) is 0 Å². The van der Waals surface area contributed by atoms with Crippen molar-refractivity contribution in [2.24, 2.45) is 0 Å². The Balaban J connectivity index is 1.75. The maximum absolute atomic E-state index is 4.43. The van der Waals surface area contributed by atoms with Crippen molar-refractivity contribution in [1.29, 1.82) is 0 Å². The maximum atomic E-state index is 4.43. The molecule has 0 aromatic carbocycles. The summed E-state index contributed by atoms with van der Waals surface area (Å²) >= 11 is 0. The minimum absolute atomic E-state index is 0.481. The van der Waals surface area contributed by atoms with Crippen molar-refractivity contribution in [2.75, 3.05) is 18.0 Å². The highest BCUT2D eigenvalue weighted by Gasteiger charge is 2.26. The highest BCUT2D eigenvalue weighted by Crippen LogP contribution is 2.28. The van der Waals surface area contributed by atoms with Crippen LogP contribution in [0, 0.1) is 13.8 Å². The van der Waals surface area contributed by atoms with Gasteiger partial charge in [-0.25, -0.2) is 15.0 Å². The number of anilines is 1.